The van der Waals surface area contributed by atoms with Crippen molar-refractivity contribution in [2.24, 2.45) is 5.41 Å². The first-order valence-electron chi connectivity index (χ1n) is 17.4. The van der Waals surface area contributed by atoms with E-state index in [0.29, 0.717) is 24.3 Å². The number of anilines is 2. The molecule has 2 unspecified atom stereocenters. The summed E-state index contributed by atoms with van der Waals surface area (Å²) in [4.78, 5) is 66.5. The topological polar surface area (TPSA) is 201 Å². The van der Waals surface area contributed by atoms with Gasteiger partial charge in [-0.05, 0) is 51.7 Å². The Bertz CT molecular complexity index is 2180. The van der Waals surface area contributed by atoms with E-state index in [0.717, 1.165) is 11.6 Å². The van der Waals surface area contributed by atoms with E-state index in [2.05, 4.69) is 25.9 Å². The number of aromatic nitrogens is 4. The Morgan fingerprint density at radius 3 is 2.36 bits per heavy atom. The predicted molar refractivity (Wildman–Crippen MR) is 201 cm³/mol. The highest BCUT2D eigenvalue weighted by atomic mass is 32.1. The highest BCUT2D eigenvalue weighted by Gasteiger charge is 2.36. The number of carbonyl (C=O) groups excluding carboxylic acids is 2. The Kier molecular flexibility index (Phi) is 11.5. The number of nitrogens with one attached hydrogen (secondary N) is 3. The fourth-order valence-electron chi connectivity index (χ4n) is 6.18. The summed E-state index contributed by atoms with van der Waals surface area (Å²) in [7, 11) is 0. The van der Waals surface area contributed by atoms with Crippen LogP contribution in [0.3, 0.4) is 0 Å². The molecule has 0 radical (unpaired) electrons. The number of urea groups is 1. The van der Waals surface area contributed by atoms with Crippen molar-refractivity contribution in [3.05, 3.63) is 51.4 Å². The highest BCUT2D eigenvalue weighted by molar-refractivity contribution is 7.13. The number of carboxylic acids is 1. The van der Waals surface area contributed by atoms with Crippen molar-refractivity contribution in [3.63, 3.8) is 0 Å². The summed E-state index contributed by atoms with van der Waals surface area (Å²) in [6.45, 7) is 12.7. The van der Waals surface area contributed by atoms with E-state index in [1.54, 1.807) is 27.7 Å². The molecule has 3 amide bonds. The molecule has 0 aromatic carbocycles. The number of hydrogen-bond acceptors (Lipinski definition) is 11. The van der Waals surface area contributed by atoms with Crippen molar-refractivity contribution in [1.82, 2.24) is 30.2 Å². The van der Waals surface area contributed by atoms with Gasteiger partial charge in [-0.3, -0.25) is 10.1 Å². The number of aliphatic hydroxyl groups is 1. The molecule has 19 heteroatoms. The van der Waals surface area contributed by atoms with E-state index < -0.39 is 70.7 Å². The molecule has 0 saturated carbocycles. The monoisotopic (exact) mass is 788 g/mol. The van der Waals surface area contributed by atoms with Gasteiger partial charge in [-0.25, -0.2) is 29.3 Å². The van der Waals surface area contributed by atoms with Crippen LogP contribution in [0.15, 0.2) is 34.7 Å². The van der Waals surface area contributed by atoms with E-state index >= 15 is 0 Å². The summed E-state index contributed by atoms with van der Waals surface area (Å²) in [5.74, 6) is -1.31. The standard InChI is InChI=1S/C36H43F3N8O7S/c1-8-40-32(52)44-26-12-20(30-43-24(17-55-30)36(37,38)39)22(13-41-26)19-11-21-27(49)23(31(50)51)15-47(25(16-48)34(2,3)4)29(21)45-28(19)46-10-9-18(14-46)42-33(53)54-35(5,6)7/h11-13,15,17-18,25,48H,8-10,14,16H2,1-7H3,(H,42,53)(H,50,51)(H2,40,41,44,52). The number of amides is 3. The van der Waals surface area contributed by atoms with Gasteiger partial charge in [-0.2, -0.15) is 13.2 Å². The molecule has 4 aromatic heterocycles. The number of thiazole rings is 1. The third-order valence-corrected chi connectivity index (χ3v) is 9.61. The number of alkyl carbamates (subject to hydrolysis) is 1. The summed E-state index contributed by atoms with van der Waals surface area (Å²) < 4.78 is 48.3. The average molecular weight is 789 g/mol. The third kappa shape index (κ3) is 9.16. The fraction of sp³-hybridized carbons (Fsp3) is 0.472. The van der Waals surface area contributed by atoms with Gasteiger partial charge in [-0.15, -0.1) is 11.3 Å². The number of fused-ring (bicyclic) bond motifs is 1. The third-order valence-electron chi connectivity index (χ3n) is 8.73. The van der Waals surface area contributed by atoms with Gasteiger partial charge in [0, 0.05) is 54.1 Å². The van der Waals surface area contributed by atoms with Gasteiger partial charge >= 0.3 is 24.3 Å². The zero-order valence-electron chi connectivity index (χ0n) is 31.3. The van der Waals surface area contributed by atoms with Gasteiger partial charge in [-0.1, -0.05) is 20.8 Å². The zero-order chi connectivity index (χ0) is 40.6. The summed E-state index contributed by atoms with van der Waals surface area (Å²) in [5.41, 5.74) is -3.54. The van der Waals surface area contributed by atoms with E-state index in [-0.39, 0.29) is 57.5 Å². The van der Waals surface area contributed by atoms with Crippen molar-refractivity contribution in [2.45, 2.75) is 78.7 Å². The van der Waals surface area contributed by atoms with Crippen LogP contribution < -0.4 is 26.3 Å². The molecule has 15 nitrogen and oxygen atoms in total. The summed E-state index contributed by atoms with van der Waals surface area (Å²) in [5, 5.41) is 29.2. The quantitative estimate of drug-likeness (QED) is 0.131. The molecule has 1 saturated heterocycles. The molecule has 5 heterocycles. The first-order valence-corrected chi connectivity index (χ1v) is 18.3. The van der Waals surface area contributed by atoms with Gasteiger partial charge in [0.25, 0.3) is 0 Å². The Hall–Kier alpha value is -5.30. The maximum Gasteiger partial charge on any atom is 0.434 e. The van der Waals surface area contributed by atoms with Crippen molar-refractivity contribution in [3.8, 4) is 21.7 Å². The van der Waals surface area contributed by atoms with Crippen LogP contribution in [0.25, 0.3) is 32.7 Å². The second-order valence-corrected chi connectivity index (χ2v) is 16.0. The Morgan fingerprint density at radius 1 is 1.07 bits per heavy atom. The minimum absolute atomic E-state index is 0.0157. The largest absolute Gasteiger partial charge is 0.477 e. The molecule has 1 aliphatic heterocycles. The normalized spacial score (nSPS) is 15.5. The molecule has 296 valence electrons. The number of alkyl halides is 3. The van der Waals surface area contributed by atoms with E-state index in [9.17, 15) is 42.6 Å². The zero-order valence-corrected chi connectivity index (χ0v) is 32.1. The number of pyridine rings is 3. The minimum atomic E-state index is -4.76. The van der Waals surface area contributed by atoms with Crippen molar-refractivity contribution < 1.29 is 42.5 Å². The minimum Gasteiger partial charge on any atom is -0.477 e. The predicted octanol–water partition coefficient (Wildman–Crippen LogP) is 6.12. The van der Waals surface area contributed by atoms with Crippen LogP contribution in [0.1, 0.15) is 77.0 Å². The van der Waals surface area contributed by atoms with Gasteiger partial charge < -0.3 is 35.1 Å². The van der Waals surface area contributed by atoms with Gasteiger partial charge in [0.05, 0.1) is 24.1 Å². The molecular weight excluding hydrogens is 746 g/mol. The van der Waals surface area contributed by atoms with Crippen LogP contribution in [-0.4, -0.2) is 85.7 Å². The molecule has 4 aromatic rings. The van der Waals surface area contributed by atoms with Crippen LogP contribution in [0.4, 0.5) is 34.4 Å². The van der Waals surface area contributed by atoms with Crippen molar-refractivity contribution in [1.29, 1.82) is 0 Å². The Balaban J connectivity index is 1.81. The molecule has 5 rings (SSSR count). The molecule has 1 fully saturated rings. The van der Waals surface area contributed by atoms with E-state index in [1.807, 2.05) is 25.7 Å². The van der Waals surface area contributed by atoms with Crippen molar-refractivity contribution in [2.75, 3.05) is 36.5 Å². The molecule has 2 atom stereocenters. The molecule has 0 spiro atoms. The molecule has 0 aliphatic carbocycles. The molecule has 0 bridgehead atoms. The molecule has 55 heavy (non-hydrogen) atoms. The number of ether oxygens (including phenoxy) is 1. The lowest BCUT2D eigenvalue weighted by Crippen LogP contribution is -2.40. The lowest BCUT2D eigenvalue weighted by molar-refractivity contribution is -0.140. The second-order valence-electron chi connectivity index (χ2n) is 15.1. The van der Waals surface area contributed by atoms with Gasteiger partial charge in [0.1, 0.15) is 33.5 Å². The Morgan fingerprint density at radius 2 is 1.78 bits per heavy atom. The number of hydrogen-bond donors (Lipinski definition) is 5. The van der Waals surface area contributed by atoms with E-state index in [4.69, 9.17) is 9.72 Å². The fourth-order valence-corrected chi connectivity index (χ4v) is 7.04. The van der Waals surface area contributed by atoms with Crippen LogP contribution in [0, 0.1) is 5.41 Å². The average Bonchev–Trinajstić information content (AvgIpc) is 3.75. The van der Waals surface area contributed by atoms with Crippen LogP contribution in [0.5, 0.6) is 0 Å². The van der Waals surface area contributed by atoms with Gasteiger partial charge in [0.2, 0.25) is 5.43 Å². The lowest BCUT2D eigenvalue weighted by Gasteiger charge is -2.33. The first kappa shape index (κ1) is 40.9. The van der Waals surface area contributed by atoms with E-state index in [1.165, 1.54) is 22.9 Å². The highest BCUT2D eigenvalue weighted by Crippen LogP contribution is 2.43. The number of aromatic carboxylic acids is 1. The second kappa shape index (κ2) is 15.4. The summed E-state index contributed by atoms with van der Waals surface area (Å²) in [6.07, 6.45) is -2.51. The van der Waals surface area contributed by atoms with Crippen molar-refractivity contribution >= 4 is 52.1 Å². The van der Waals surface area contributed by atoms with Crippen LogP contribution >= 0.6 is 11.3 Å². The first-order chi connectivity index (χ1) is 25.6. The summed E-state index contributed by atoms with van der Waals surface area (Å²) in [6, 6.07) is 0.960. The number of halogens is 3. The smallest absolute Gasteiger partial charge is 0.434 e. The Labute approximate surface area is 318 Å². The van der Waals surface area contributed by atoms with Crippen LogP contribution in [0.2, 0.25) is 0 Å². The molecular formula is C36H43F3N8O7S. The number of nitrogens with zero attached hydrogens (tertiary/aromatic N) is 5. The molecule has 1 aliphatic rings. The van der Waals surface area contributed by atoms with Gasteiger partial charge in [0.15, 0.2) is 5.69 Å². The number of carboxylic acid groups (broad SMARTS) is 1. The number of carbonyl (C=O) groups is 3. The van der Waals surface area contributed by atoms with Crippen LogP contribution in [-0.2, 0) is 10.9 Å². The summed E-state index contributed by atoms with van der Waals surface area (Å²) >= 11 is 0.697. The number of rotatable bonds is 9. The lowest BCUT2D eigenvalue weighted by atomic mass is 9.86. The SMILES string of the molecule is CCNC(=O)Nc1cc(-c2nc(C(F)(F)F)cs2)c(-c2cc3c(=O)c(C(=O)O)cn(C(CO)C(C)(C)C)c3nc2N2CCC(NC(=O)OC(C)(C)C)C2)cn1. The maximum atomic E-state index is 13.9. The maximum absolute atomic E-state index is 13.9. The molecule has 5 N–H and O–H groups in total. The number of aliphatic hydroxyl groups excluding tert-OH is 1.